The molecule has 3 heteroatoms. The maximum absolute atomic E-state index is 9.52. The number of likely N-dealkylation sites (N-methyl/N-ethyl adjacent to an activating group) is 1. The van der Waals surface area contributed by atoms with E-state index in [-0.39, 0.29) is 0 Å². The van der Waals surface area contributed by atoms with Crippen molar-refractivity contribution in [2.24, 2.45) is 0 Å². The van der Waals surface area contributed by atoms with Crippen molar-refractivity contribution in [3.05, 3.63) is 29.3 Å². The number of benzene rings is 1. The van der Waals surface area contributed by atoms with Gasteiger partial charge >= 0.3 is 0 Å². The molecule has 1 aliphatic heterocycles. The molecule has 0 saturated carbocycles. The molecule has 2 atom stereocenters. The zero-order valence-electron chi connectivity index (χ0n) is 11.7. The smallest absolute Gasteiger partial charge is 0.115 e. The third kappa shape index (κ3) is 2.63. The Morgan fingerprint density at radius 1 is 1.37 bits per heavy atom. The number of hydrogen-bond acceptors (Lipinski definition) is 3. The summed E-state index contributed by atoms with van der Waals surface area (Å²) in [4.78, 5) is 2.58. The number of aryl methyl sites for hydroxylation is 1. The largest absolute Gasteiger partial charge is 0.508 e. The molecule has 0 aromatic heterocycles. The van der Waals surface area contributed by atoms with Crippen LogP contribution in [0.25, 0.3) is 0 Å². The number of fused-ring (bicyclic) bond motifs is 1. The maximum atomic E-state index is 9.52. The quantitative estimate of drug-likeness (QED) is 0.873. The summed E-state index contributed by atoms with van der Waals surface area (Å²) in [5, 5.41) is 13.3. The Labute approximate surface area is 115 Å². The van der Waals surface area contributed by atoms with Crippen LogP contribution in [0.2, 0.25) is 0 Å². The zero-order valence-corrected chi connectivity index (χ0v) is 11.7. The van der Waals surface area contributed by atoms with Crippen molar-refractivity contribution in [2.45, 2.75) is 44.7 Å². The molecule has 1 fully saturated rings. The van der Waals surface area contributed by atoms with Gasteiger partial charge in [0.1, 0.15) is 5.75 Å². The predicted octanol–water partition coefficient (Wildman–Crippen LogP) is 2.45. The van der Waals surface area contributed by atoms with Crippen molar-refractivity contribution >= 4 is 0 Å². The van der Waals surface area contributed by atoms with E-state index in [2.05, 4.69) is 23.2 Å². The minimum atomic E-state index is 0.396. The van der Waals surface area contributed by atoms with Crippen molar-refractivity contribution in [1.82, 2.24) is 10.2 Å². The number of nitrogens with one attached hydrogen (secondary N) is 1. The van der Waals surface area contributed by atoms with Crippen molar-refractivity contribution < 1.29 is 5.11 Å². The van der Waals surface area contributed by atoms with Crippen molar-refractivity contribution in [3.63, 3.8) is 0 Å². The van der Waals surface area contributed by atoms with Gasteiger partial charge in [-0.05, 0) is 62.0 Å². The van der Waals surface area contributed by atoms with E-state index >= 15 is 0 Å². The Morgan fingerprint density at radius 3 is 3.11 bits per heavy atom. The van der Waals surface area contributed by atoms with Crippen LogP contribution >= 0.6 is 0 Å². The molecule has 2 N–H and O–H groups in total. The van der Waals surface area contributed by atoms with Crippen LogP contribution < -0.4 is 5.32 Å². The highest BCUT2D eigenvalue weighted by atomic mass is 16.3. The predicted molar refractivity (Wildman–Crippen MR) is 77.4 cm³/mol. The number of hydrogen-bond donors (Lipinski definition) is 2. The Balaban J connectivity index is 1.61. The van der Waals surface area contributed by atoms with Crippen molar-refractivity contribution in [1.29, 1.82) is 0 Å². The van der Waals surface area contributed by atoms with E-state index < -0.39 is 0 Å². The molecule has 3 rings (SSSR count). The first-order valence-corrected chi connectivity index (χ1v) is 7.57. The van der Waals surface area contributed by atoms with Gasteiger partial charge in [0.25, 0.3) is 0 Å². The van der Waals surface area contributed by atoms with Gasteiger partial charge in [-0.1, -0.05) is 13.0 Å². The SMILES string of the molecule is CCN1CCCC1CNC1CCc2cc(O)ccc21. The van der Waals surface area contributed by atoms with Gasteiger partial charge in [0, 0.05) is 18.6 Å². The number of aromatic hydroxyl groups is 1. The maximum Gasteiger partial charge on any atom is 0.115 e. The lowest BCUT2D eigenvalue weighted by Crippen LogP contribution is -2.38. The molecule has 1 saturated heterocycles. The van der Waals surface area contributed by atoms with Crippen LogP contribution in [0, 0.1) is 0 Å². The Bertz CT molecular complexity index is 446. The van der Waals surface area contributed by atoms with Gasteiger partial charge in [-0.25, -0.2) is 0 Å². The molecule has 0 bridgehead atoms. The van der Waals surface area contributed by atoms with E-state index in [9.17, 15) is 5.11 Å². The standard InChI is InChI=1S/C16H24N2O/c1-2-18-9-3-4-13(18)11-17-16-8-5-12-10-14(19)6-7-15(12)16/h6-7,10,13,16-17,19H,2-5,8-9,11H2,1H3. The topological polar surface area (TPSA) is 35.5 Å². The summed E-state index contributed by atoms with van der Waals surface area (Å²) in [5.74, 6) is 0.396. The minimum absolute atomic E-state index is 0.396. The number of nitrogens with zero attached hydrogens (tertiary/aromatic N) is 1. The fourth-order valence-corrected chi connectivity index (χ4v) is 3.64. The van der Waals surface area contributed by atoms with Crippen LogP contribution in [0.3, 0.4) is 0 Å². The van der Waals surface area contributed by atoms with Crippen molar-refractivity contribution in [2.75, 3.05) is 19.6 Å². The molecule has 19 heavy (non-hydrogen) atoms. The summed E-state index contributed by atoms with van der Waals surface area (Å²) in [6, 6.07) is 7.01. The van der Waals surface area contributed by atoms with Gasteiger partial charge in [-0.15, -0.1) is 0 Å². The third-order valence-corrected chi connectivity index (χ3v) is 4.71. The highest BCUT2D eigenvalue weighted by Gasteiger charge is 2.26. The minimum Gasteiger partial charge on any atom is -0.508 e. The zero-order chi connectivity index (χ0) is 13.2. The summed E-state index contributed by atoms with van der Waals surface area (Å²) < 4.78 is 0. The molecule has 2 unspecified atom stereocenters. The van der Waals surface area contributed by atoms with E-state index in [1.807, 2.05) is 12.1 Å². The first kappa shape index (κ1) is 12.9. The number of phenolic OH excluding ortho intramolecular Hbond substituents is 1. The molecule has 1 heterocycles. The van der Waals surface area contributed by atoms with Crippen LogP contribution in [-0.4, -0.2) is 35.7 Å². The monoisotopic (exact) mass is 260 g/mol. The molecule has 104 valence electrons. The van der Waals surface area contributed by atoms with Gasteiger partial charge in [-0.3, -0.25) is 4.90 Å². The molecular formula is C16H24N2O. The van der Waals surface area contributed by atoms with Gasteiger partial charge in [0.05, 0.1) is 0 Å². The van der Waals surface area contributed by atoms with E-state index in [1.54, 1.807) is 0 Å². The van der Waals surface area contributed by atoms with E-state index in [1.165, 1.54) is 37.1 Å². The fraction of sp³-hybridized carbons (Fsp3) is 0.625. The van der Waals surface area contributed by atoms with E-state index in [0.717, 1.165) is 19.4 Å². The molecule has 1 aromatic rings. The van der Waals surface area contributed by atoms with Crippen LogP contribution in [0.4, 0.5) is 0 Å². The second-order valence-electron chi connectivity index (χ2n) is 5.81. The average molecular weight is 260 g/mol. The van der Waals surface area contributed by atoms with Gasteiger partial charge in [0.2, 0.25) is 0 Å². The normalized spacial score (nSPS) is 26.8. The highest BCUT2D eigenvalue weighted by molar-refractivity contribution is 5.40. The summed E-state index contributed by atoms with van der Waals surface area (Å²) >= 11 is 0. The molecule has 2 aliphatic rings. The van der Waals surface area contributed by atoms with Crippen LogP contribution in [-0.2, 0) is 6.42 Å². The lowest BCUT2D eigenvalue weighted by atomic mass is 10.1. The molecule has 0 amide bonds. The molecule has 0 radical (unpaired) electrons. The summed E-state index contributed by atoms with van der Waals surface area (Å²) in [7, 11) is 0. The number of likely N-dealkylation sites (tertiary alicyclic amines) is 1. The van der Waals surface area contributed by atoms with Crippen LogP contribution in [0.5, 0.6) is 5.75 Å². The summed E-state index contributed by atoms with van der Waals surface area (Å²) in [6.07, 6.45) is 4.92. The fourth-order valence-electron chi connectivity index (χ4n) is 3.64. The Kier molecular flexibility index (Phi) is 3.76. The van der Waals surface area contributed by atoms with Crippen molar-refractivity contribution in [3.8, 4) is 5.75 Å². The third-order valence-electron chi connectivity index (χ3n) is 4.71. The van der Waals surface area contributed by atoms with Gasteiger partial charge in [-0.2, -0.15) is 0 Å². The second-order valence-corrected chi connectivity index (χ2v) is 5.81. The molecule has 3 nitrogen and oxygen atoms in total. The highest BCUT2D eigenvalue weighted by Crippen LogP contribution is 2.33. The molecule has 1 aromatic carbocycles. The van der Waals surface area contributed by atoms with Gasteiger partial charge < -0.3 is 10.4 Å². The summed E-state index contributed by atoms with van der Waals surface area (Å²) in [5.41, 5.74) is 2.70. The second kappa shape index (κ2) is 5.51. The first-order valence-electron chi connectivity index (χ1n) is 7.57. The first-order chi connectivity index (χ1) is 9.28. The van der Waals surface area contributed by atoms with Gasteiger partial charge in [0.15, 0.2) is 0 Å². The van der Waals surface area contributed by atoms with Crippen LogP contribution in [0.1, 0.15) is 43.4 Å². The molecule has 0 spiro atoms. The molecular weight excluding hydrogens is 236 g/mol. The van der Waals surface area contributed by atoms with E-state index in [4.69, 9.17) is 0 Å². The lowest BCUT2D eigenvalue weighted by molar-refractivity contribution is 0.253. The number of phenols is 1. The van der Waals surface area contributed by atoms with Crippen LogP contribution in [0.15, 0.2) is 18.2 Å². The average Bonchev–Trinajstić information content (AvgIpc) is 3.01. The number of rotatable bonds is 4. The molecule has 1 aliphatic carbocycles. The lowest BCUT2D eigenvalue weighted by Gasteiger charge is -2.25. The Hall–Kier alpha value is -1.06. The Morgan fingerprint density at radius 2 is 2.26 bits per heavy atom. The van der Waals surface area contributed by atoms with E-state index in [0.29, 0.717) is 17.8 Å². The summed E-state index contributed by atoms with van der Waals surface area (Å²) in [6.45, 7) is 5.78.